The van der Waals surface area contributed by atoms with Crippen molar-refractivity contribution in [1.82, 2.24) is 0 Å². The molecular weight excluding hydrogens is 270 g/mol. The third kappa shape index (κ3) is 4.02. The summed E-state index contributed by atoms with van der Waals surface area (Å²) in [6.07, 6.45) is 0.674. The Kier molecular flexibility index (Phi) is 5.28. The number of rotatable bonds is 6. The van der Waals surface area contributed by atoms with Crippen LogP contribution in [-0.4, -0.2) is 13.1 Å². The van der Waals surface area contributed by atoms with E-state index >= 15 is 0 Å². The van der Waals surface area contributed by atoms with E-state index in [2.05, 4.69) is 0 Å². The lowest BCUT2D eigenvalue weighted by atomic mass is 10.0. The maximum atomic E-state index is 13.8. The smallest absolute Gasteiger partial charge is 0.146 e. The second kappa shape index (κ2) is 7.18. The first-order valence-corrected chi connectivity index (χ1v) is 7.12. The van der Waals surface area contributed by atoms with Crippen molar-refractivity contribution in [2.75, 3.05) is 18.0 Å². The molecule has 2 aromatic carbocycles. The van der Waals surface area contributed by atoms with Gasteiger partial charge in [0.05, 0.1) is 5.69 Å². The van der Waals surface area contributed by atoms with E-state index in [1.165, 1.54) is 18.2 Å². The molecule has 2 aromatic rings. The molecule has 0 aliphatic rings. The third-order valence-corrected chi connectivity index (χ3v) is 3.58. The normalized spacial score (nSPS) is 12.2. The van der Waals surface area contributed by atoms with Gasteiger partial charge in [0.15, 0.2) is 0 Å². The summed E-state index contributed by atoms with van der Waals surface area (Å²) in [5.41, 5.74) is 7.60. The number of halogens is 2. The maximum Gasteiger partial charge on any atom is 0.146 e. The van der Waals surface area contributed by atoms with Gasteiger partial charge in [0.2, 0.25) is 0 Å². The van der Waals surface area contributed by atoms with Crippen LogP contribution in [-0.2, 0) is 0 Å². The molecule has 0 bridgehead atoms. The molecule has 0 aliphatic heterocycles. The fraction of sp³-hybridized carbons (Fsp3) is 0.294. The molecule has 2 nitrogen and oxygen atoms in total. The number of hydrogen-bond donors (Lipinski definition) is 1. The summed E-state index contributed by atoms with van der Waals surface area (Å²) < 4.78 is 26.7. The Labute approximate surface area is 124 Å². The van der Waals surface area contributed by atoms with Gasteiger partial charge in [-0.05, 0) is 43.2 Å². The minimum absolute atomic E-state index is 0.188. The predicted molar refractivity (Wildman–Crippen MR) is 82.2 cm³/mol. The number of anilines is 1. The molecular formula is C17H20F2N2. The Hall–Kier alpha value is -1.94. The van der Waals surface area contributed by atoms with Gasteiger partial charge in [0.25, 0.3) is 0 Å². The molecule has 4 heteroatoms. The van der Waals surface area contributed by atoms with Crippen molar-refractivity contribution < 1.29 is 8.78 Å². The van der Waals surface area contributed by atoms with Crippen molar-refractivity contribution in [2.24, 2.45) is 5.73 Å². The zero-order chi connectivity index (χ0) is 15.2. The molecule has 21 heavy (non-hydrogen) atoms. The molecule has 0 aliphatic carbocycles. The second-order valence-electron chi connectivity index (χ2n) is 4.98. The van der Waals surface area contributed by atoms with Gasteiger partial charge < -0.3 is 10.6 Å². The Balaban J connectivity index is 2.00. The van der Waals surface area contributed by atoms with Crippen molar-refractivity contribution in [3.63, 3.8) is 0 Å². The number of benzene rings is 2. The highest BCUT2D eigenvalue weighted by Gasteiger charge is 2.12. The minimum Gasteiger partial charge on any atom is -0.369 e. The van der Waals surface area contributed by atoms with Crippen LogP contribution < -0.4 is 10.6 Å². The Bertz CT molecular complexity index is 569. The van der Waals surface area contributed by atoms with E-state index in [0.717, 1.165) is 5.56 Å². The zero-order valence-electron chi connectivity index (χ0n) is 12.1. The Morgan fingerprint density at radius 3 is 2.33 bits per heavy atom. The van der Waals surface area contributed by atoms with Gasteiger partial charge in [-0.2, -0.15) is 0 Å². The zero-order valence-corrected chi connectivity index (χ0v) is 12.1. The summed E-state index contributed by atoms with van der Waals surface area (Å²) in [5.74, 6) is -0.498. The molecule has 0 spiro atoms. The van der Waals surface area contributed by atoms with Crippen LogP contribution in [0.3, 0.4) is 0 Å². The number of nitrogens with two attached hydrogens (primary N) is 1. The van der Waals surface area contributed by atoms with Crippen LogP contribution in [0, 0.1) is 11.6 Å². The standard InChI is InChI=1S/C17H20F2N2/c1-2-21(17-6-4-3-5-15(17)19)12-11-16(20)13-7-9-14(18)10-8-13/h3-10,16H,2,11-12,20H2,1H3. The predicted octanol–water partition coefficient (Wildman–Crippen LogP) is 3.88. The molecule has 0 fully saturated rings. The van der Waals surface area contributed by atoms with Crippen LogP contribution in [0.2, 0.25) is 0 Å². The highest BCUT2D eigenvalue weighted by molar-refractivity contribution is 5.47. The lowest BCUT2D eigenvalue weighted by Crippen LogP contribution is -2.27. The summed E-state index contributed by atoms with van der Waals surface area (Å²) in [6.45, 7) is 3.34. The van der Waals surface area contributed by atoms with Crippen LogP contribution >= 0.6 is 0 Å². The molecule has 0 amide bonds. The van der Waals surface area contributed by atoms with Crippen LogP contribution in [0.5, 0.6) is 0 Å². The van der Waals surface area contributed by atoms with Crippen molar-refractivity contribution >= 4 is 5.69 Å². The van der Waals surface area contributed by atoms with E-state index in [-0.39, 0.29) is 17.7 Å². The Morgan fingerprint density at radius 2 is 1.71 bits per heavy atom. The van der Waals surface area contributed by atoms with E-state index in [1.807, 2.05) is 17.9 Å². The molecule has 0 radical (unpaired) electrons. The number of para-hydroxylation sites is 1. The van der Waals surface area contributed by atoms with E-state index < -0.39 is 0 Å². The molecule has 0 aromatic heterocycles. The van der Waals surface area contributed by atoms with E-state index in [1.54, 1.807) is 24.3 Å². The molecule has 0 saturated heterocycles. The summed E-state index contributed by atoms with van der Waals surface area (Å²) in [7, 11) is 0. The molecule has 2 rings (SSSR count). The van der Waals surface area contributed by atoms with Crippen molar-refractivity contribution in [3.8, 4) is 0 Å². The SMILES string of the molecule is CCN(CCC(N)c1ccc(F)cc1)c1ccccc1F. The largest absolute Gasteiger partial charge is 0.369 e. The van der Waals surface area contributed by atoms with Gasteiger partial charge in [-0.15, -0.1) is 0 Å². The number of hydrogen-bond acceptors (Lipinski definition) is 2. The van der Waals surface area contributed by atoms with Gasteiger partial charge in [0.1, 0.15) is 11.6 Å². The fourth-order valence-electron chi connectivity index (χ4n) is 2.33. The van der Waals surface area contributed by atoms with Crippen molar-refractivity contribution in [2.45, 2.75) is 19.4 Å². The lowest BCUT2D eigenvalue weighted by Gasteiger charge is -2.25. The van der Waals surface area contributed by atoms with Crippen LogP contribution in [0.25, 0.3) is 0 Å². The fourth-order valence-corrected chi connectivity index (χ4v) is 2.33. The van der Waals surface area contributed by atoms with E-state index in [9.17, 15) is 8.78 Å². The van der Waals surface area contributed by atoms with Gasteiger partial charge in [-0.1, -0.05) is 24.3 Å². The number of nitrogens with zero attached hydrogens (tertiary/aromatic N) is 1. The summed E-state index contributed by atoms with van der Waals surface area (Å²) in [6, 6.07) is 12.7. The highest BCUT2D eigenvalue weighted by atomic mass is 19.1. The van der Waals surface area contributed by atoms with Gasteiger partial charge in [-0.25, -0.2) is 8.78 Å². The highest BCUT2D eigenvalue weighted by Crippen LogP contribution is 2.21. The summed E-state index contributed by atoms with van der Waals surface area (Å²) in [5, 5.41) is 0. The molecule has 1 unspecified atom stereocenters. The van der Waals surface area contributed by atoms with Crippen LogP contribution in [0.4, 0.5) is 14.5 Å². The van der Waals surface area contributed by atoms with Gasteiger partial charge >= 0.3 is 0 Å². The first-order valence-electron chi connectivity index (χ1n) is 7.12. The van der Waals surface area contributed by atoms with E-state index in [4.69, 9.17) is 5.73 Å². The first kappa shape index (κ1) is 15.4. The molecule has 2 N–H and O–H groups in total. The monoisotopic (exact) mass is 290 g/mol. The Morgan fingerprint density at radius 1 is 1.05 bits per heavy atom. The summed E-state index contributed by atoms with van der Waals surface area (Å²) >= 11 is 0. The average Bonchev–Trinajstić information content (AvgIpc) is 2.50. The third-order valence-electron chi connectivity index (χ3n) is 3.58. The van der Waals surface area contributed by atoms with Crippen molar-refractivity contribution in [3.05, 3.63) is 65.7 Å². The van der Waals surface area contributed by atoms with Crippen LogP contribution in [0.15, 0.2) is 48.5 Å². The second-order valence-corrected chi connectivity index (χ2v) is 4.98. The maximum absolute atomic E-state index is 13.8. The average molecular weight is 290 g/mol. The quantitative estimate of drug-likeness (QED) is 0.874. The van der Waals surface area contributed by atoms with E-state index in [0.29, 0.717) is 25.2 Å². The topological polar surface area (TPSA) is 29.3 Å². The molecule has 0 saturated carbocycles. The molecule has 0 heterocycles. The van der Waals surface area contributed by atoms with Gasteiger partial charge in [-0.3, -0.25) is 0 Å². The lowest BCUT2D eigenvalue weighted by molar-refractivity contribution is 0.595. The summed E-state index contributed by atoms with van der Waals surface area (Å²) in [4.78, 5) is 1.96. The molecule has 1 atom stereocenters. The van der Waals surface area contributed by atoms with Crippen molar-refractivity contribution in [1.29, 1.82) is 0 Å². The van der Waals surface area contributed by atoms with Crippen LogP contribution in [0.1, 0.15) is 24.9 Å². The molecule has 112 valence electrons. The first-order chi connectivity index (χ1) is 10.1. The van der Waals surface area contributed by atoms with Gasteiger partial charge in [0, 0.05) is 19.1 Å². The minimum atomic E-state index is -0.271.